The van der Waals surface area contributed by atoms with Gasteiger partial charge in [-0.25, -0.2) is 4.79 Å². The van der Waals surface area contributed by atoms with Gasteiger partial charge in [0.15, 0.2) is 0 Å². The van der Waals surface area contributed by atoms with Crippen LogP contribution in [-0.4, -0.2) is 35.7 Å². The van der Waals surface area contributed by atoms with Crippen LogP contribution in [0.15, 0.2) is 24.3 Å². The lowest BCUT2D eigenvalue weighted by Gasteiger charge is -2.24. The van der Waals surface area contributed by atoms with Crippen LogP contribution < -0.4 is 11.1 Å². The molecule has 1 amide bonds. The molecule has 2 rings (SSSR count). The van der Waals surface area contributed by atoms with Gasteiger partial charge in [-0.2, -0.15) is 0 Å². The van der Waals surface area contributed by atoms with Crippen LogP contribution in [0.25, 0.3) is 0 Å². The van der Waals surface area contributed by atoms with Crippen molar-refractivity contribution in [3.05, 3.63) is 29.8 Å². The smallest absolute Gasteiger partial charge is 0.410 e. The number of carbonyl (C=O) groups excluding carboxylic acids is 1. The van der Waals surface area contributed by atoms with E-state index in [0.717, 1.165) is 25.2 Å². The van der Waals surface area contributed by atoms with E-state index in [2.05, 4.69) is 5.32 Å². The topological polar surface area (TPSA) is 67.6 Å². The van der Waals surface area contributed by atoms with E-state index < -0.39 is 5.60 Å². The van der Waals surface area contributed by atoms with Crippen LogP contribution in [-0.2, 0) is 11.3 Å². The number of likely N-dealkylation sites (tertiary alicyclic amines) is 1. The van der Waals surface area contributed by atoms with Gasteiger partial charge in [-0.1, -0.05) is 12.1 Å². The normalized spacial score (nSPS) is 18.8. The van der Waals surface area contributed by atoms with E-state index in [0.29, 0.717) is 12.6 Å². The van der Waals surface area contributed by atoms with E-state index >= 15 is 0 Å². The second kappa shape index (κ2) is 6.35. The summed E-state index contributed by atoms with van der Waals surface area (Å²) in [5, 5.41) is 3.47. The molecule has 116 valence electrons. The first-order valence-corrected chi connectivity index (χ1v) is 7.39. The standard InChI is InChI=1S/C16H25N3O2/c1-16(2,3)21-15(20)19-9-8-14(11-19)18-10-12-4-6-13(17)7-5-12/h4-7,14,18H,8-11,17H2,1-3H3/t14-/m1/s1. The number of ether oxygens (including phenoxy) is 1. The Labute approximate surface area is 126 Å². The SMILES string of the molecule is CC(C)(C)OC(=O)N1CC[C@@H](NCc2ccc(N)cc2)C1. The molecule has 0 aromatic heterocycles. The van der Waals surface area contributed by atoms with Crippen LogP contribution in [0.1, 0.15) is 32.8 Å². The quantitative estimate of drug-likeness (QED) is 0.839. The van der Waals surface area contributed by atoms with Gasteiger partial charge in [-0.05, 0) is 44.9 Å². The van der Waals surface area contributed by atoms with Gasteiger partial charge in [-0.3, -0.25) is 0 Å². The summed E-state index contributed by atoms with van der Waals surface area (Å²) in [6, 6.07) is 8.15. The number of nitrogens with zero attached hydrogens (tertiary/aromatic N) is 1. The van der Waals surface area contributed by atoms with Crippen molar-refractivity contribution < 1.29 is 9.53 Å². The molecule has 0 aliphatic carbocycles. The lowest BCUT2D eigenvalue weighted by atomic mass is 10.2. The number of anilines is 1. The molecule has 1 aromatic rings. The fourth-order valence-corrected chi connectivity index (χ4v) is 2.32. The second-order valence-corrected chi connectivity index (χ2v) is 6.53. The minimum absolute atomic E-state index is 0.223. The van der Waals surface area contributed by atoms with E-state index in [4.69, 9.17) is 10.5 Å². The van der Waals surface area contributed by atoms with Gasteiger partial charge >= 0.3 is 6.09 Å². The Morgan fingerprint density at radius 1 is 1.38 bits per heavy atom. The van der Waals surface area contributed by atoms with Gasteiger partial charge in [0.1, 0.15) is 5.60 Å². The molecule has 0 spiro atoms. The summed E-state index contributed by atoms with van der Waals surface area (Å²) in [6.07, 6.45) is 0.730. The van der Waals surface area contributed by atoms with Crippen LogP contribution in [0, 0.1) is 0 Å². The summed E-state index contributed by atoms with van der Waals surface area (Å²) >= 11 is 0. The fraction of sp³-hybridized carbons (Fsp3) is 0.562. The molecule has 1 fully saturated rings. The highest BCUT2D eigenvalue weighted by atomic mass is 16.6. The monoisotopic (exact) mass is 291 g/mol. The molecule has 0 saturated carbocycles. The van der Waals surface area contributed by atoms with Crippen molar-refractivity contribution in [1.29, 1.82) is 0 Å². The number of hydrogen-bond acceptors (Lipinski definition) is 4. The highest BCUT2D eigenvalue weighted by Gasteiger charge is 2.29. The summed E-state index contributed by atoms with van der Waals surface area (Å²) in [7, 11) is 0. The molecule has 0 unspecified atom stereocenters. The molecule has 0 radical (unpaired) electrons. The van der Waals surface area contributed by atoms with E-state index in [9.17, 15) is 4.79 Å². The number of nitrogens with two attached hydrogens (primary N) is 1. The van der Waals surface area contributed by atoms with Gasteiger partial charge in [0, 0.05) is 31.4 Å². The second-order valence-electron chi connectivity index (χ2n) is 6.53. The average Bonchev–Trinajstić information content (AvgIpc) is 2.85. The van der Waals surface area contributed by atoms with Gasteiger partial charge in [-0.15, -0.1) is 0 Å². The molecule has 5 nitrogen and oxygen atoms in total. The fourth-order valence-electron chi connectivity index (χ4n) is 2.32. The molecule has 1 heterocycles. The van der Waals surface area contributed by atoms with Crippen LogP contribution in [0.3, 0.4) is 0 Å². The Balaban J connectivity index is 1.77. The number of nitrogen functional groups attached to an aromatic ring is 1. The summed E-state index contributed by atoms with van der Waals surface area (Å²) in [5.74, 6) is 0. The Morgan fingerprint density at radius 2 is 2.05 bits per heavy atom. The molecule has 3 N–H and O–H groups in total. The maximum absolute atomic E-state index is 12.0. The van der Waals surface area contributed by atoms with Gasteiger partial charge in [0.2, 0.25) is 0 Å². The number of nitrogens with one attached hydrogen (secondary N) is 1. The summed E-state index contributed by atoms with van der Waals surface area (Å²) in [6.45, 7) is 7.89. The molecule has 0 bridgehead atoms. The van der Waals surface area contributed by atoms with Gasteiger partial charge in [0.05, 0.1) is 0 Å². The van der Waals surface area contributed by atoms with E-state index in [1.807, 2.05) is 45.0 Å². The zero-order chi connectivity index (χ0) is 15.5. The van der Waals surface area contributed by atoms with Crippen molar-refractivity contribution in [2.75, 3.05) is 18.8 Å². The predicted octanol–water partition coefficient (Wildman–Crippen LogP) is 2.37. The zero-order valence-corrected chi connectivity index (χ0v) is 13.1. The van der Waals surface area contributed by atoms with E-state index in [1.54, 1.807) is 4.90 Å². The molecule has 1 aromatic carbocycles. The van der Waals surface area contributed by atoms with Gasteiger partial charge < -0.3 is 20.7 Å². The molecule has 1 saturated heterocycles. The highest BCUT2D eigenvalue weighted by Crippen LogP contribution is 2.16. The molecule has 1 aliphatic heterocycles. The average molecular weight is 291 g/mol. The van der Waals surface area contributed by atoms with Crippen molar-refractivity contribution in [3.8, 4) is 0 Å². The third-order valence-corrected chi connectivity index (χ3v) is 3.41. The molecular formula is C16H25N3O2. The lowest BCUT2D eigenvalue weighted by molar-refractivity contribution is 0.0291. The first kappa shape index (κ1) is 15.6. The first-order valence-electron chi connectivity index (χ1n) is 7.39. The van der Waals surface area contributed by atoms with Crippen LogP contribution in [0.2, 0.25) is 0 Å². The predicted molar refractivity (Wildman–Crippen MR) is 83.9 cm³/mol. The molecule has 21 heavy (non-hydrogen) atoms. The number of carbonyl (C=O) groups is 1. The Morgan fingerprint density at radius 3 is 2.67 bits per heavy atom. The largest absolute Gasteiger partial charge is 0.444 e. The Bertz CT molecular complexity index is 479. The van der Waals surface area contributed by atoms with E-state index in [-0.39, 0.29) is 6.09 Å². The number of hydrogen-bond donors (Lipinski definition) is 2. The van der Waals surface area contributed by atoms with Crippen LogP contribution in [0.4, 0.5) is 10.5 Å². The van der Waals surface area contributed by atoms with Crippen molar-refractivity contribution in [1.82, 2.24) is 10.2 Å². The molecule has 1 aliphatic rings. The maximum Gasteiger partial charge on any atom is 0.410 e. The summed E-state index contributed by atoms with van der Waals surface area (Å²) in [5.41, 5.74) is 7.20. The summed E-state index contributed by atoms with van der Waals surface area (Å²) in [4.78, 5) is 13.8. The Hall–Kier alpha value is -1.75. The zero-order valence-electron chi connectivity index (χ0n) is 13.1. The third kappa shape index (κ3) is 4.93. The maximum atomic E-state index is 12.0. The highest BCUT2D eigenvalue weighted by molar-refractivity contribution is 5.68. The Kier molecular flexibility index (Phi) is 4.73. The first-order chi connectivity index (χ1) is 9.83. The number of benzene rings is 1. The van der Waals surface area contributed by atoms with Crippen LogP contribution in [0.5, 0.6) is 0 Å². The van der Waals surface area contributed by atoms with Crippen molar-refractivity contribution >= 4 is 11.8 Å². The van der Waals surface area contributed by atoms with Crippen LogP contribution >= 0.6 is 0 Å². The molecule has 1 atom stereocenters. The van der Waals surface area contributed by atoms with Gasteiger partial charge in [0.25, 0.3) is 0 Å². The lowest BCUT2D eigenvalue weighted by Crippen LogP contribution is -2.38. The molecule has 5 heteroatoms. The van der Waals surface area contributed by atoms with Crippen molar-refractivity contribution in [2.45, 2.75) is 45.4 Å². The number of amides is 1. The summed E-state index contributed by atoms with van der Waals surface area (Å²) < 4.78 is 5.39. The van der Waals surface area contributed by atoms with Crippen molar-refractivity contribution in [3.63, 3.8) is 0 Å². The third-order valence-electron chi connectivity index (χ3n) is 3.41. The van der Waals surface area contributed by atoms with Crippen molar-refractivity contribution in [2.24, 2.45) is 0 Å². The minimum atomic E-state index is -0.438. The minimum Gasteiger partial charge on any atom is -0.444 e. The van der Waals surface area contributed by atoms with E-state index in [1.165, 1.54) is 5.56 Å². The number of rotatable bonds is 3. The molecular weight excluding hydrogens is 266 g/mol.